The summed E-state index contributed by atoms with van der Waals surface area (Å²) in [5.74, 6) is 0.566. The summed E-state index contributed by atoms with van der Waals surface area (Å²) >= 11 is 5.94. The summed E-state index contributed by atoms with van der Waals surface area (Å²) in [6, 6.07) is 20.0. The molecule has 3 amide bonds. The van der Waals surface area contributed by atoms with Crippen LogP contribution in [0.3, 0.4) is 0 Å². The maximum atomic E-state index is 13.4. The largest absolute Gasteiger partial charge is 0.497 e. The summed E-state index contributed by atoms with van der Waals surface area (Å²) in [6.07, 6.45) is 0.684. The molecule has 0 spiro atoms. The lowest BCUT2D eigenvalue weighted by atomic mass is 10.1. The van der Waals surface area contributed by atoms with Crippen molar-refractivity contribution in [2.75, 3.05) is 63.3 Å². The predicted octanol–water partition coefficient (Wildman–Crippen LogP) is 5.00. The van der Waals surface area contributed by atoms with E-state index in [-0.39, 0.29) is 11.9 Å². The second kappa shape index (κ2) is 14.0. The Bertz CT molecular complexity index is 1260. The highest BCUT2D eigenvalue weighted by molar-refractivity contribution is 6.30. The van der Waals surface area contributed by atoms with E-state index in [0.717, 1.165) is 42.2 Å². The number of hydrogen-bond acceptors (Lipinski definition) is 5. The fourth-order valence-electron chi connectivity index (χ4n) is 4.47. The SMILES string of the molecule is COc1cccc(CCNC(=O)N(CCN2CCOCC2)c2ccc(C(=O)Nc3ccc(Cl)cc3)cc2C)c1. The van der Waals surface area contributed by atoms with Crippen LogP contribution >= 0.6 is 11.6 Å². The first-order valence-corrected chi connectivity index (χ1v) is 13.5. The molecular formula is C30H35ClN4O4. The minimum atomic E-state index is -0.227. The van der Waals surface area contributed by atoms with Gasteiger partial charge in [-0.25, -0.2) is 4.79 Å². The van der Waals surface area contributed by atoms with Gasteiger partial charge in [0.2, 0.25) is 0 Å². The van der Waals surface area contributed by atoms with Crippen LogP contribution in [-0.2, 0) is 11.2 Å². The summed E-state index contributed by atoms with van der Waals surface area (Å²) in [6.45, 7) is 6.72. The number of carbonyl (C=O) groups excluding carboxylic acids is 2. The van der Waals surface area contributed by atoms with Crippen LogP contribution < -0.4 is 20.3 Å². The number of nitrogens with one attached hydrogen (secondary N) is 2. The molecule has 0 radical (unpaired) electrons. The van der Waals surface area contributed by atoms with E-state index in [1.807, 2.05) is 43.3 Å². The van der Waals surface area contributed by atoms with E-state index in [1.54, 1.807) is 42.3 Å². The Hall–Kier alpha value is -3.59. The zero-order valence-corrected chi connectivity index (χ0v) is 23.2. The van der Waals surface area contributed by atoms with Gasteiger partial charge in [0.15, 0.2) is 0 Å². The molecule has 3 aromatic carbocycles. The number of morpholine rings is 1. The maximum absolute atomic E-state index is 13.4. The molecule has 206 valence electrons. The fourth-order valence-corrected chi connectivity index (χ4v) is 4.60. The summed E-state index contributed by atoms with van der Waals surface area (Å²) in [5, 5.41) is 6.56. The molecule has 3 aromatic rings. The highest BCUT2D eigenvalue weighted by atomic mass is 35.5. The topological polar surface area (TPSA) is 83.1 Å². The first-order chi connectivity index (χ1) is 18.9. The Kier molecular flexibility index (Phi) is 10.2. The molecule has 4 rings (SSSR count). The van der Waals surface area contributed by atoms with E-state index in [2.05, 4.69) is 15.5 Å². The standard InChI is InChI=1S/C30H35ClN4O4/c1-22-20-24(29(36)33-26-9-7-25(31)8-10-26)6-11-28(22)35(15-14-34-16-18-39-19-17-34)30(37)32-13-12-23-4-3-5-27(21-23)38-2/h3-11,20-21H,12-19H2,1-2H3,(H,32,37)(H,33,36). The van der Waals surface area contributed by atoms with Crippen molar-refractivity contribution in [3.63, 3.8) is 0 Å². The summed E-state index contributed by atoms with van der Waals surface area (Å²) in [5.41, 5.74) is 3.86. The molecule has 0 bridgehead atoms. The number of ether oxygens (including phenoxy) is 2. The molecule has 1 heterocycles. The Morgan fingerprint density at radius 2 is 1.82 bits per heavy atom. The zero-order chi connectivity index (χ0) is 27.6. The summed E-state index contributed by atoms with van der Waals surface area (Å²) < 4.78 is 10.8. The molecule has 39 heavy (non-hydrogen) atoms. The van der Waals surface area contributed by atoms with E-state index in [9.17, 15) is 9.59 Å². The van der Waals surface area contributed by atoms with Crippen LogP contribution in [0.5, 0.6) is 5.75 Å². The second-order valence-electron chi connectivity index (χ2n) is 9.40. The number of nitrogens with zero attached hydrogens (tertiary/aromatic N) is 2. The van der Waals surface area contributed by atoms with Gasteiger partial charge in [-0.1, -0.05) is 23.7 Å². The Labute approximate surface area is 234 Å². The van der Waals surface area contributed by atoms with E-state index >= 15 is 0 Å². The maximum Gasteiger partial charge on any atom is 0.321 e. The fraction of sp³-hybridized carbons (Fsp3) is 0.333. The van der Waals surface area contributed by atoms with Crippen LogP contribution in [0.2, 0.25) is 5.02 Å². The minimum absolute atomic E-state index is 0.173. The number of hydrogen-bond donors (Lipinski definition) is 2. The Balaban J connectivity index is 1.45. The van der Waals surface area contributed by atoms with Crippen LogP contribution in [0.4, 0.5) is 16.2 Å². The number of methoxy groups -OCH3 is 1. The van der Waals surface area contributed by atoms with Crippen LogP contribution in [0.1, 0.15) is 21.5 Å². The highest BCUT2D eigenvalue weighted by Crippen LogP contribution is 2.23. The van der Waals surface area contributed by atoms with Gasteiger partial charge in [0.05, 0.1) is 20.3 Å². The number of benzene rings is 3. The highest BCUT2D eigenvalue weighted by Gasteiger charge is 2.21. The van der Waals surface area contributed by atoms with Gasteiger partial charge in [0, 0.05) is 54.7 Å². The number of carbonyl (C=O) groups is 2. The Morgan fingerprint density at radius 1 is 1.05 bits per heavy atom. The number of anilines is 2. The summed E-state index contributed by atoms with van der Waals surface area (Å²) in [7, 11) is 1.64. The van der Waals surface area contributed by atoms with E-state index in [1.165, 1.54) is 0 Å². The van der Waals surface area contributed by atoms with Gasteiger partial charge in [0.1, 0.15) is 5.75 Å². The molecule has 8 nitrogen and oxygen atoms in total. The molecule has 9 heteroatoms. The molecular weight excluding hydrogens is 516 g/mol. The number of urea groups is 1. The Morgan fingerprint density at radius 3 is 2.54 bits per heavy atom. The average Bonchev–Trinajstić information content (AvgIpc) is 2.95. The zero-order valence-electron chi connectivity index (χ0n) is 22.4. The second-order valence-corrected chi connectivity index (χ2v) is 9.84. The van der Waals surface area contributed by atoms with Crippen molar-refractivity contribution in [2.45, 2.75) is 13.3 Å². The molecule has 1 fully saturated rings. The summed E-state index contributed by atoms with van der Waals surface area (Å²) in [4.78, 5) is 30.3. The predicted molar refractivity (Wildman–Crippen MR) is 155 cm³/mol. The van der Waals surface area contributed by atoms with Crippen molar-refractivity contribution >= 4 is 34.9 Å². The number of aryl methyl sites for hydroxylation is 1. The number of amides is 3. The van der Waals surface area contributed by atoms with Crippen LogP contribution in [0.15, 0.2) is 66.7 Å². The first-order valence-electron chi connectivity index (χ1n) is 13.1. The van der Waals surface area contributed by atoms with Crippen molar-refractivity contribution in [2.24, 2.45) is 0 Å². The third kappa shape index (κ3) is 8.20. The quantitative estimate of drug-likeness (QED) is 0.371. The van der Waals surface area contributed by atoms with Gasteiger partial charge in [0.25, 0.3) is 5.91 Å². The first kappa shape index (κ1) is 28.4. The van der Waals surface area contributed by atoms with Gasteiger partial charge in [-0.05, 0) is 79.1 Å². The van der Waals surface area contributed by atoms with Gasteiger partial charge in [-0.2, -0.15) is 0 Å². The molecule has 1 saturated heterocycles. The van der Waals surface area contributed by atoms with Crippen molar-refractivity contribution < 1.29 is 19.1 Å². The lowest BCUT2D eigenvalue weighted by Gasteiger charge is -2.31. The molecule has 1 aliphatic rings. The van der Waals surface area contributed by atoms with Gasteiger partial charge in [-0.3, -0.25) is 14.6 Å². The molecule has 1 aliphatic heterocycles. The molecule has 0 aromatic heterocycles. The lowest BCUT2D eigenvalue weighted by molar-refractivity contribution is 0.0393. The normalized spacial score (nSPS) is 13.5. The van der Waals surface area contributed by atoms with Crippen molar-refractivity contribution in [3.8, 4) is 5.75 Å². The minimum Gasteiger partial charge on any atom is -0.497 e. The van der Waals surface area contributed by atoms with E-state index in [0.29, 0.717) is 49.0 Å². The van der Waals surface area contributed by atoms with Crippen molar-refractivity contribution in [1.82, 2.24) is 10.2 Å². The number of halogens is 1. The van der Waals surface area contributed by atoms with Gasteiger partial charge in [-0.15, -0.1) is 0 Å². The monoisotopic (exact) mass is 550 g/mol. The molecule has 2 N–H and O–H groups in total. The molecule has 0 saturated carbocycles. The van der Waals surface area contributed by atoms with E-state index < -0.39 is 0 Å². The average molecular weight is 551 g/mol. The lowest BCUT2D eigenvalue weighted by Crippen LogP contribution is -2.47. The molecule has 0 unspecified atom stereocenters. The van der Waals surface area contributed by atoms with Crippen molar-refractivity contribution in [1.29, 1.82) is 0 Å². The smallest absolute Gasteiger partial charge is 0.321 e. The van der Waals surface area contributed by atoms with Crippen LogP contribution in [-0.4, -0.2) is 69.9 Å². The van der Waals surface area contributed by atoms with Crippen LogP contribution in [0, 0.1) is 6.92 Å². The molecule has 0 aliphatic carbocycles. The van der Waals surface area contributed by atoms with Gasteiger partial charge < -0.3 is 20.1 Å². The van der Waals surface area contributed by atoms with Crippen molar-refractivity contribution in [3.05, 3.63) is 88.4 Å². The third-order valence-electron chi connectivity index (χ3n) is 6.66. The van der Waals surface area contributed by atoms with Crippen LogP contribution in [0.25, 0.3) is 0 Å². The van der Waals surface area contributed by atoms with E-state index in [4.69, 9.17) is 21.1 Å². The molecule has 0 atom stereocenters. The third-order valence-corrected chi connectivity index (χ3v) is 6.92. The van der Waals surface area contributed by atoms with Gasteiger partial charge >= 0.3 is 6.03 Å². The number of rotatable bonds is 10.